The molecule has 2 atom stereocenters. The Morgan fingerprint density at radius 2 is 1.94 bits per heavy atom. The molecule has 1 aliphatic carbocycles. The third-order valence-electron chi connectivity index (χ3n) is 4.64. The molecule has 0 spiro atoms. The fourth-order valence-corrected chi connectivity index (χ4v) is 2.86. The first-order valence-electron chi connectivity index (χ1n) is 7.44. The van der Waals surface area contributed by atoms with E-state index in [0.717, 1.165) is 18.0 Å². The number of nitrogens with one attached hydrogen (secondary N) is 1. The van der Waals surface area contributed by atoms with E-state index in [1.165, 1.54) is 45.3 Å². The Morgan fingerprint density at radius 1 is 1.24 bits per heavy atom. The number of hydrogen-bond acceptors (Lipinski definition) is 2. The van der Waals surface area contributed by atoms with E-state index in [-0.39, 0.29) is 0 Å². The van der Waals surface area contributed by atoms with Gasteiger partial charge >= 0.3 is 0 Å². The predicted molar refractivity (Wildman–Crippen MR) is 74.2 cm³/mol. The predicted octanol–water partition coefficient (Wildman–Crippen LogP) is 2.89. The number of rotatable bonds is 5. The zero-order valence-corrected chi connectivity index (χ0v) is 12.1. The lowest BCUT2D eigenvalue weighted by Gasteiger charge is -2.29. The zero-order valence-electron chi connectivity index (χ0n) is 12.1. The molecule has 2 nitrogen and oxygen atoms in total. The molecular formula is C15H30N2. The van der Waals surface area contributed by atoms with Gasteiger partial charge in [0.2, 0.25) is 0 Å². The van der Waals surface area contributed by atoms with Gasteiger partial charge in [-0.05, 0) is 57.0 Å². The molecule has 0 aromatic rings. The van der Waals surface area contributed by atoms with Gasteiger partial charge in [0.15, 0.2) is 0 Å². The summed E-state index contributed by atoms with van der Waals surface area (Å²) < 4.78 is 0. The molecule has 0 amide bonds. The minimum atomic E-state index is 0.487. The van der Waals surface area contributed by atoms with E-state index in [9.17, 15) is 0 Å². The molecule has 1 aliphatic heterocycles. The van der Waals surface area contributed by atoms with Crippen molar-refractivity contribution in [3.8, 4) is 0 Å². The summed E-state index contributed by atoms with van der Waals surface area (Å²) in [6.45, 7) is 13.4. The fraction of sp³-hybridized carbons (Fsp3) is 1.00. The summed E-state index contributed by atoms with van der Waals surface area (Å²) in [7, 11) is 0. The lowest BCUT2D eigenvalue weighted by atomic mass is 9.80. The summed E-state index contributed by atoms with van der Waals surface area (Å²) in [5.41, 5.74) is 0.487. The van der Waals surface area contributed by atoms with E-state index in [1.54, 1.807) is 0 Å². The minimum absolute atomic E-state index is 0.487. The van der Waals surface area contributed by atoms with Crippen LogP contribution in [0.15, 0.2) is 0 Å². The van der Waals surface area contributed by atoms with E-state index >= 15 is 0 Å². The Balaban J connectivity index is 1.67. The number of nitrogens with zero attached hydrogens (tertiary/aromatic N) is 1. The van der Waals surface area contributed by atoms with Gasteiger partial charge < -0.3 is 10.2 Å². The van der Waals surface area contributed by atoms with Crippen LogP contribution in [0.25, 0.3) is 0 Å². The van der Waals surface area contributed by atoms with Gasteiger partial charge in [-0.15, -0.1) is 0 Å². The van der Waals surface area contributed by atoms with Crippen LogP contribution in [0.3, 0.4) is 0 Å². The van der Waals surface area contributed by atoms with Crippen molar-refractivity contribution in [3.63, 3.8) is 0 Å². The first kappa shape index (κ1) is 13.4. The van der Waals surface area contributed by atoms with Crippen LogP contribution in [-0.2, 0) is 0 Å². The van der Waals surface area contributed by atoms with Gasteiger partial charge in [-0.3, -0.25) is 0 Å². The van der Waals surface area contributed by atoms with Gasteiger partial charge in [-0.2, -0.15) is 0 Å². The van der Waals surface area contributed by atoms with Crippen molar-refractivity contribution in [2.24, 2.45) is 11.3 Å². The largest absolute Gasteiger partial charge is 0.314 e. The smallest absolute Gasteiger partial charge is 0.00791 e. The van der Waals surface area contributed by atoms with Crippen molar-refractivity contribution in [2.45, 2.75) is 65.5 Å². The monoisotopic (exact) mass is 238 g/mol. The molecule has 1 saturated carbocycles. The van der Waals surface area contributed by atoms with Crippen molar-refractivity contribution < 1.29 is 0 Å². The molecule has 2 fully saturated rings. The lowest BCUT2D eigenvalue weighted by Crippen LogP contribution is -2.35. The first-order valence-corrected chi connectivity index (χ1v) is 7.44. The molecule has 100 valence electrons. The van der Waals surface area contributed by atoms with Crippen molar-refractivity contribution in [1.29, 1.82) is 0 Å². The van der Waals surface area contributed by atoms with Crippen LogP contribution < -0.4 is 5.32 Å². The number of likely N-dealkylation sites (tertiary alicyclic amines) is 1. The third kappa shape index (κ3) is 3.96. The SMILES string of the molecule is CC(CCNC1CC1)N1CCC(C(C)(C)C)C1. The van der Waals surface area contributed by atoms with Crippen LogP contribution in [-0.4, -0.2) is 36.6 Å². The lowest BCUT2D eigenvalue weighted by molar-refractivity contribution is 0.196. The average Bonchev–Trinajstić information content (AvgIpc) is 2.91. The van der Waals surface area contributed by atoms with Gasteiger partial charge in [0.1, 0.15) is 0 Å². The van der Waals surface area contributed by atoms with Crippen LogP contribution in [0.4, 0.5) is 0 Å². The van der Waals surface area contributed by atoms with Gasteiger partial charge in [-0.25, -0.2) is 0 Å². The molecule has 0 aromatic heterocycles. The molecule has 2 rings (SSSR count). The van der Waals surface area contributed by atoms with Crippen LogP contribution >= 0.6 is 0 Å². The summed E-state index contributed by atoms with van der Waals surface area (Å²) >= 11 is 0. The molecule has 1 saturated heterocycles. The van der Waals surface area contributed by atoms with Crippen molar-refractivity contribution in [1.82, 2.24) is 10.2 Å². The van der Waals surface area contributed by atoms with Crippen molar-refractivity contribution in [3.05, 3.63) is 0 Å². The normalized spacial score (nSPS) is 28.6. The summed E-state index contributed by atoms with van der Waals surface area (Å²) in [4.78, 5) is 2.70. The van der Waals surface area contributed by atoms with Crippen LogP contribution in [0.1, 0.15) is 53.4 Å². The standard InChI is InChI=1S/C15H30N2/c1-12(7-9-16-14-5-6-14)17-10-8-13(11-17)15(2,3)4/h12-14,16H,5-11H2,1-4H3. The van der Waals surface area contributed by atoms with E-state index < -0.39 is 0 Å². The molecule has 1 N–H and O–H groups in total. The van der Waals surface area contributed by atoms with E-state index in [4.69, 9.17) is 0 Å². The molecule has 2 unspecified atom stereocenters. The zero-order chi connectivity index (χ0) is 12.5. The second-order valence-electron chi connectivity index (χ2n) is 7.21. The fourth-order valence-electron chi connectivity index (χ4n) is 2.86. The molecule has 0 radical (unpaired) electrons. The van der Waals surface area contributed by atoms with Gasteiger partial charge in [0.05, 0.1) is 0 Å². The highest BCUT2D eigenvalue weighted by Gasteiger charge is 2.33. The van der Waals surface area contributed by atoms with Crippen LogP contribution in [0.5, 0.6) is 0 Å². The van der Waals surface area contributed by atoms with Gasteiger partial charge in [-0.1, -0.05) is 20.8 Å². The molecular weight excluding hydrogens is 208 g/mol. The second-order valence-corrected chi connectivity index (χ2v) is 7.21. The molecule has 0 bridgehead atoms. The Labute approximate surface area is 107 Å². The van der Waals surface area contributed by atoms with E-state index in [2.05, 4.69) is 37.9 Å². The second kappa shape index (κ2) is 5.27. The highest BCUT2D eigenvalue weighted by molar-refractivity contribution is 4.87. The molecule has 2 aliphatic rings. The van der Waals surface area contributed by atoms with Crippen LogP contribution in [0.2, 0.25) is 0 Å². The van der Waals surface area contributed by atoms with E-state index in [0.29, 0.717) is 5.41 Å². The molecule has 17 heavy (non-hydrogen) atoms. The Morgan fingerprint density at radius 3 is 2.47 bits per heavy atom. The maximum atomic E-state index is 3.63. The van der Waals surface area contributed by atoms with Gasteiger partial charge in [0, 0.05) is 18.6 Å². The van der Waals surface area contributed by atoms with Crippen LogP contribution in [0, 0.1) is 11.3 Å². The van der Waals surface area contributed by atoms with Crippen molar-refractivity contribution in [2.75, 3.05) is 19.6 Å². The Kier molecular flexibility index (Phi) is 4.14. The van der Waals surface area contributed by atoms with Crippen molar-refractivity contribution >= 4 is 0 Å². The first-order chi connectivity index (χ1) is 7.97. The quantitative estimate of drug-likeness (QED) is 0.792. The maximum absolute atomic E-state index is 3.63. The molecule has 2 heteroatoms. The third-order valence-corrected chi connectivity index (χ3v) is 4.64. The summed E-state index contributed by atoms with van der Waals surface area (Å²) in [6.07, 6.45) is 5.52. The van der Waals surface area contributed by atoms with E-state index in [1.807, 2.05) is 0 Å². The molecule has 1 heterocycles. The summed E-state index contributed by atoms with van der Waals surface area (Å²) in [5, 5.41) is 3.63. The summed E-state index contributed by atoms with van der Waals surface area (Å²) in [6, 6.07) is 1.62. The number of hydrogen-bond donors (Lipinski definition) is 1. The average molecular weight is 238 g/mol. The van der Waals surface area contributed by atoms with Gasteiger partial charge in [0.25, 0.3) is 0 Å². The minimum Gasteiger partial charge on any atom is -0.314 e. The Bertz CT molecular complexity index is 240. The Hall–Kier alpha value is -0.0800. The molecule has 0 aromatic carbocycles. The highest BCUT2D eigenvalue weighted by atomic mass is 15.2. The topological polar surface area (TPSA) is 15.3 Å². The highest BCUT2D eigenvalue weighted by Crippen LogP contribution is 2.34. The summed E-state index contributed by atoms with van der Waals surface area (Å²) in [5.74, 6) is 0.890. The maximum Gasteiger partial charge on any atom is 0.00791 e.